The lowest BCUT2D eigenvalue weighted by molar-refractivity contribution is 0.527. The highest BCUT2D eigenvalue weighted by atomic mass is 16.1. The Labute approximate surface area is 159 Å². The molecule has 1 aromatic carbocycles. The van der Waals surface area contributed by atoms with Crippen LogP contribution in [0, 0.1) is 6.92 Å². The SMILES string of the molecule is Cc1ccccc1CCCN1CCCn2c1nc(-c1ccncc1)cc2=O. The minimum Gasteiger partial charge on any atom is -0.342 e. The van der Waals surface area contributed by atoms with Crippen molar-refractivity contribution in [1.82, 2.24) is 14.5 Å². The van der Waals surface area contributed by atoms with E-state index in [9.17, 15) is 4.79 Å². The first-order valence-electron chi connectivity index (χ1n) is 9.54. The van der Waals surface area contributed by atoms with E-state index in [0.717, 1.165) is 56.1 Å². The fourth-order valence-electron chi connectivity index (χ4n) is 3.70. The maximum atomic E-state index is 12.6. The van der Waals surface area contributed by atoms with Crippen molar-refractivity contribution < 1.29 is 0 Å². The molecule has 2 aromatic heterocycles. The van der Waals surface area contributed by atoms with E-state index in [1.54, 1.807) is 18.5 Å². The largest absolute Gasteiger partial charge is 0.342 e. The Balaban J connectivity index is 1.56. The Hall–Kier alpha value is -2.95. The number of fused-ring (bicyclic) bond motifs is 1. The third-order valence-electron chi connectivity index (χ3n) is 5.19. The number of pyridine rings is 1. The summed E-state index contributed by atoms with van der Waals surface area (Å²) in [5, 5.41) is 0. The molecule has 0 bridgehead atoms. The minimum atomic E-state index is 0.0235. The van der Waals surface area contributed by atoms with E-state index in [-0.39, 0.29) is 5.56 Å². The van der Waals surface area contributed by atoms with Crippen LogP contribution in [0.1, 0.15) is 24.0 Å². The Bertz CT molecular complexity index is 981. The number of hydrogen-bond acceptors (Lipinski definition) is 4. The molecule has 0 atom stereocenters. The van der Waals surface area contributed by atoms with Gasteiger partial charge in [-0.1, -0.05) is 24.3 Å². The van der Waals surface area contributed by atoms with Crippen molar-refractivity contribution in [2.45, 2.75) is 32.7 Å². The van der Waals surface area contributed by atoms with Crippen molar-refractivity contribution in [3.63, 3.8) is 0 Å². The lowest BCUT2D eigenvalue weighted by Crippen LogP contribution is -2.39. The van der Waals surface area contributed by atoms with Gasteiger partial charge in [-0.25, -0.2) is 4.98 Å². The molecule has 0 spiro atoms. The molecule has 1 aliphatic heterocycles. The van der Waals surface area contributed by atoms with Crippen LogP contribution in [-0.4, -0.2) is 27.6 Å². The van der Waals surface area contributed by atoms with Gasteiger partial charge in [-0.05, 0) is 49.4 Å². The van der Waals surface area contributed by atoms with E-state index in [1.165, 1.54) is 11.1 Å². The van der Waals surface area contributed by atoms with E-state index in [2.05, 4.69) is 41.1 Å². The molecular weight excluding hydrogens is 336 g/mol. The summed E-state index contributed by atoms with van der Waals surface area (Å²) < 4.78 is 1.81. The maximum Gasteiger partial charge on any atom is 0.255 e. The van der Waals surface area contributed by atoms with Crippen LogP contribution in [0.4, 0.5) is 5.95 Å². The van der Waals surface area contributed by atoms with Gasteiger partial charge in [-0.2, -0.15) is 0 Å². The van der Waals surface area contributed by atoms with E-state index >= 15 is 0 Å². The van der Waals surface area contributed by atoms with Gasteiger partial charge in [0.2, 0.25) is 5.95 Å². The van der Waals surface area contributed by atoms with Gasteiger partial charge in [0.25, 0.3) is 5.56 Å². The molecule has 0 radical (unpaired) electrons. The van der Waals surface area contributed by atoms with Crippen LogP contribution >= 0.6 is 0 Å². The molecule has 4 rings (SSSR count). The number of aromatic nitrogens is 3. The lowest BCUT2D eigenvalue weighted by atomic mass is 10.0. The second-order valence-corrected chi connectivity index (χ2v) is 7.04. The van der Waals surface area contributed by atoms with Gasteiger partial charge in [0, 0.05) is 43.7 Å². The number of anilines is 1. The molecule has 3 heterocycles. The average Bonchev–Trinajstić information content (AvgIpc) is 2.70. The van der Waals surface area contributed by atoms with Gasteiger partial charge in [-0.3, -0.25) is 14.3 Å². The lowest BCUT2D eigenvalue weighted by Gasteiger charge is -2.31. The number of aryl methyl sites for hydroxylation is 2. The summed E-state index contributed by atoms with van der Waals surface area (Å²) in [5.41, 5.74) is 4.40. The van der Waals surface area contributed by atoms with Gasteiger partial charge in [-0.15, -0.1) is 0 Å². The molecule has 5 nitrogen and oxygen atoms in total. The molecule has 0 aliphatic carbocycles. The zero-order chi connectivity index (χ0) is 18.6. The molecule has 0 amide bonds. The summed E-state index contributed by atoms with van der Waals surface area (Å²) in [4.78, 5) is 23.8. The molecule has 0 unspecified atom stereocenters. The van der Waals surface area contributed by atoms with Crippen LogP contribution in [0.2, 0.25) is 0 Å². The minimum absolute atomic E-state index is 0.0235. The number of benzene rings is 1. The normalized spacial score (nSPS) is 13.4. The first-order chi connectivity index (χ1) is 13.2. The Morgan fingerprint density at radius 1 is 1.07 bits per heavy atom. The Kier molecular flexibility index (Phi) is 5.01. The Morgan fingerprint density at radius 2 is 1.89 bits per heavy atom. The zero-order valence-electron chi connectivity index (χ0n) is 15.6. The molecule has 138 valence electrons. The summed E-state index contributed by atoms with van der Waals surface area (Å²) >= 11 is 0. The van der Waals surface area contributed by atoms with Crippen molar-refractivity contribution in [1.29, 1.82) is 0 Å². The average molecular weight is 360 g/mol. The predicted molar refractivity (Wildman–Crippen MR) is 108 cm³/mol. The predicted octanol–water partition coefficient (Wildman–Crippen LogP) is 3.46. The number of hydrogen-bond donors (Lipinski definition) is 0. The van der Waals surface area contributed by atoms with E-state index in [4.69, 9.17) is 4.98 Å². The number of rotatable bonds is 5. The van der Waals surface area contributed by atoms with Crippen LogP contribution in [-0.2, 0) is 13.0 Å². The third kappa shape index (κ3) is 3.77. The highest BCUT2D eigenvalue weighted by molar-refractivity contribution is 5.59. The monoisotopic (exact) mass is 360 g/mol. The molecule has 5 heteroatoms. The quantitative estimate of drug-likeness (QED) is 0.699. The summed E-state index contributed by atoms with van der Waals surface area (Å²) in [6.45, 7) is 4.75. The molecule has 0 fully saturated rings. The zero-order valence-corrected chi connectivity index (χ0v) is 15.6. The van der Waals surface area contributed by atoms with Gasteiger partial charge < -0.3 is 4.90 Å². The van der Waals surface area contributed by atoms with Crippen molar-refractivity contribution in [2.24, 2.45) is 0 Å². The highest BCUT2D eigenvalue weighted by Gasteiger charge is 2.20. The molecule has 27 heavy (non-hydrogen) atoms. The van der Waals surface area contributed by atoms with Crippen LogP contribution in [0.3, 0.4) is 0 Å². The van der Waals surface area contributed by atoms with Gasteiger partial charge in [0.15, 0.2) is 0 Å². The maximum absolute atomic E-state index is 12.6. The second-order valence-electron chi connectivity index (χ2n) is 7.04. The molecule has 3 aromatic rings. The fourth-order valence-corrected chi connectivity index (χ4v) is 3.70. The van der Waals surface area contributed by atoms with Crippen molar-refractivity contribution in [3.05, 3.63) is 76.3 Å². The molecule has 0 N–H and O–H groups in total. The summed E-state index contributed by atoms with van der Waals surface area (Å²) in [7, 11) is 0. The van der Waals surface area contributed by atoms with Gasteiger partial charge in [0.05, 0.1) is 5.69 Å². The van der Waals surface area contributed by atoms with Gasteiger partial charge >= 0.3 is 0 Å². The number of nitrogens with zero attached hydrogens (tertiary/aromatic N) is 4. The summed E-state index contributed by atoms with van der Waals surface area (Å²) in [6, 6.07) is 14.0. The smallest absolute Gasteiger partial charge is 0.255 e. The summed E-state index contributed by atoms with van der Waals surface area (Å²) in [5.74, 6) is 0.797. The first kappa shape index (κ1) is 17.5. The van der Waals surface area contributed by atoms with E-state index in [1.807, 2.05) is 16.7 Å². The van der Waals surface area contributed by atoms with Crippen LogP contribution in [0.5, 0.6) is 0 Å². The standard InChI is InChI=1S/C22H24N4O/c1-17-6-2-3-7-18(17)8-4-13-25-14-5-15-26-21(27)16-20(24-22(25)26)19-9-11-23-12-10-19/h2-3,6-7,9-12,16H,4-5,8,13-15H2,1H3. The summed E-state index contributed by atoms with van der Waals surface area (Å²) in [6.07, 6.45) is 6.52. The van der Waals surface area contributed by atoms with E-state index in [0.29, 0.717) is 0 Å². The van der Waals surface area contributed by atoms with Crippen LogP contribution < -0.4 is 10.5 Å². The fraction of sp³-hybridized carbons (Fsp3) is 0.318. The second kappa shape index (κ2) is 7.74. The third-order valence-corrected chi connectivity index (χ3v) is 5.19. The highest BCUT2D eigenvalue weighted by Crippen LogP contribution is 2.22. The molecule has 0 saturated carbocycles. The first-order valence-corrected chi connectivity index (χ1v) is 9.54. The molecule has 0 saturated heterocycles. The molecule has 1 aliphatic rings. The molecular formula is C22H24N4O. The topological polar surface area (TPSA) is 51.0 Å². The Morgan fingerprint density at radius 3 is 2.70 bits per heavy atom. The van der Waals surface area contributed by atoms with Crippen molar-refractivity contribution in [2.75, 3.05) is 18.0 Å². The van der Waals surface area contributed by atoms with Crippen molar-refractivity contribution in [3.8, 4) is 11.3 Å². The van der Waals surface area contributed by atoms with Gasteiger partial charge in [0.1, 0.15) is 0 Å². The van der Waals surface area contributed by atoms with Crippen LogP contribution in [0.15, 0.2) is 59.7 Å². The van der Waals surface area contributed by atoms with Crippen molar-refractivity contribution >= 4 is 5.95 Å². The van der Waals surface area contributed by atoms with Crippen LogP contribution in [0.25, 0.3) is 11.3 Å². The van der Waals surface area contributed by atoms with E-state index < -0.39 is 0 Å².